The Hall–Kier alpha value is 0.210. The van der Waals surface area contributed by atoms with Gasteiger partial charge in [-0.25, -0.2) is 0 Å². The lowest BCUT2D eigenvalue weighted by Crippen LogP contribution is -2.33. The summed E-state index contributed by atoms with van der Waals surface area (Å²) in [4.78, 5) is 0. The Labute approximate surface area is 84.5 Å². The predicted molar refractivity (Wildman–Crippen MR) is 51.8 cm³/mol. The Morgan fingerprint density at radius 3 is 2.62 bits per heavy atom. The van der Waals surface area contributed by atoms with Gasteiger partial charge in [0, 0.05) is 5.92 Å². The van der Waals surface area contributed by atoms with Crippen LogP contribution in [-0.2, 0) is 9.47 Å². The topological polar surface area (TPSA) is 18.5 Å². The van der Waals surface area contributed by atoms with Crippen LogP contribution in [0.2, 0.25) is 0 Å². The van der Waals surface area contributed by atoms with E-state index in [0.29, 0.717) is 18.4 Å². The number of hydrogen-bond donors (Lipinski definition) is 0. The molecule has 0 N–H and O–H groups in total. The van der Waals surface area contributed by atoms with Crippen LogP contribution in [0.5, 0.6) is 0 Å². The molecule has 2 rings (SSSR count). The van der Waals surface area contributed by atoms with E-state index in [2.05, 4.69) is 13.8 Å². The summed E-state index contributed by atoms with van der Waals surface area (Å²) in [6.45, 7) is 5.05. The monoisotopic (exact) mass is 204 g/mol. The molecule has 4 atom stereocenters. The largest absolute Gasteiger partial charge is 0.347 e. The first kappa shape index (κ1) is 9.75. The van der Waals surface area contributed by atoms with Crippen molar-refractivity contribution in [3.05, 3.63) is 0 Å². The van der Waals surface area contributed by atoms with Crippen molar-refractivity contribution >= 4 is 11.6 Å². The number of ether oxygens (including phenoxy) is 2. The highest BCUT2D eigenvalue weighted by Crippen LogP contribution is 2.52. The lowest BCUT2D eigenvalue weighted by Gasteiger charge is -2.26. The highest BCUT2D eigenvalue weighted by molar-refractivity contribution is 6.18. The number of rotatable bonds is 3. The van der Waals surface area contributed by atoms with Crippen molar-refractivity contribution in [1.82, 2.24) is 0 Å². The summed E-state index contributed by atoms with van der Waals surface area (Å²) in [7, 11) is 0. The Morgan fingerprint density at radius 2 is 2.23 bits per heavy atom. The quantitative estimate of drug-likeness (QED) is 0.658. The van der Waals surface area contributed by atoms with Gasteiger partial charge < -0.3 is 9.47 Å². The molecule has 1 saturated carbocycles. The molecule has 2 fully saturated rings. The van der Waals surface area contributed by atoms with E-state index in [1.807, 2.05) is 0 Å². The smallest absolute Gasteiger partial charge is 0.171 e. The zero-order valence-electron chi connectivity index (χ0n) is 8.25. The molecule has 0 amide bonds. The summed E-state index contributed by atoms with van der Waals surface area (Å²) in [6, 6.07) is 0. The summed E-state index contributed by atoms with van der Waals surface area (Å²) < 4.78 is 11.7. The van der Waals surface area contributed by atoms with Crippen LogP contribution in [0, 0.1) is 11.8 Å². The summed E-state index contributed by atoms with van der Waals surface area (Å²) in [5.41, 5.74) is 0. The van der Waals surface area contributed by atoms with Gasteiger partial charge in [0.05, 0.1) is 18.6 Å². The molecule has 1 aliphatic carbocycles. The fourth-order valence-electron chi connectivity index (χ4n) is 2.24. The molecule has 0 spiro atoms. The van der Waals surface area contributed by atoms with Crippen LogP contribution < -0.4 is 0 Å². The van der Waals surface area contributed by atoms with Crippen LogP contribution in [0.1, 0.15) is 26.7 Å². The summed E-state index contributed by atoms with van der Waals surface area (Å²) in [6.07, 6.45) is 2.28. The zero-order chi connectivity index (χ0) is 9.47. The molecule has 0 aromatic heterocycles. The van der Waals surface area contributed by atoms with Gasteiger partial charge in [0.2, 0.25) is 0 Å². The molecule has 76 valence electrons. The van der Waals surface area contributed by atoms with E-state index in [9.17, 15) is 0 Å². The summed E-state index contributed by atoms with van der Waals surface area (Å²) in [5, 5.41) is 0. The number of hydrogen-bond acceptors (Lipinski definition) is 2. The van der Waals surface area contributed by atoms with Crippen LogP contribution in [0.4, 0.5) is 0 Å². The maximum atomic E-state index is 5.89. The maximum absolute atomic E-state index is 5.89. The van der Waals surface area contributed by atoms with E-state index in [4.69, 9.17) is 21.1 Å². The molecule has 1 aliphatic heterocycles. The minimum Gasteiger partial charge on any atom is -0.347 e. The van der Waals surface area contributed by atoms with Gasteiger partial charge in [-0.15, -0.1) is 11.6 Å². The third kappa shape index (κ3) is 1.60. The van der Waals surface area contributed by atoms with Crippen LogP contribution >= 0.6 is 11.6 Å². The van der Waals surface area contributed by atoms with Gasteiger partial charge in [-0.1, -0.05) is 13.8 Å². The standard InChI is InChI=1S/C10H17ClO2/c1-3-10(9-4-7(9)2)12-6-8(5-11)13-10/h7-9H,3-6H2,1-2H3. The first-order valence-electron chi connectivity index (χ1n) is 5.09. The number of alkyl halides is 1. The molecule has 3 heteroatoms. The van der Waals surface area contributed by atoms with E-state index in [-0.39, 0.29) is 11.9 Å². The van der Waals surface area contributed by atoms with E-state index in [1.54, 1.807) is 0 Å². The Bertz CT molecular complexity index is 197. The maximum Gasteiger partial charge on any atom is 0.171 e. The first-order valence-corrected chi connectivity index (χ1v) is 5.63. The average molecular weight is 205 g/mol. The fraction of sp³-hybridized carbons (Fsp3) is 1.00. The van der Waals surface area contributed by atoms with Crippen LogP contribution in [0.3, 0.4) is 0 Å². The number of halogens is 1. The van der Waals surface area contributed by atoms with Crippen LogP contribution in [0.25, 0.3) is 0 Å². The van der Waals surface area contributed by atoms with Gasteiger partial charge in [-0.3, -0.25) is 0 Å². The molecule has 0 aromatic carbocycles. The SMILES string of the molecule is CCC1(C2CC2C)OCC(CCl)O1. The van der Waals surface area contributed by atoms with Crippen molar-refractivity contribution in [3.63, 3.8) is 0 Å². The molecule has 2 nitrogen and oxygen atoms in total. The Morgan fingerprint density at radius 1 is 1.54 bits per heavy atom. The lowest BCUT2D eigenvalue weighted by atomic mass is 10.1. The van der Waals surface area contributed by atoms with Gasteiger partial charge in [-0.2, -0.15) is 0 Å². The first-order chi connectivity index (χ1) is 6.22. The molecule has 0 bridgehead atoms. The predicted octanol–water partition coefficient (Wildman–Crippen LogP) is 2.40. The molecule has 1 heterocycles. The van der Waals surface area contributed by atoms with Gasteiger partial charge in [0.25, 0.3) is 0 Å². The fourth-order valence-corrected chi connectivity index (χ4v) is 2.39. The Kier molecular flexibility index (Phi) is 2.56. The third-order valence-electron chi connectivity index (χ3n) is 3.22. The lowest BCUT2D eigenvalue weighted by molar-refractivity contribution is -0.185. The molecular formula is C10H17ClO2. The molecule has 2 aliphatic rings. The molecule has 0 radical (unpaired) electrons. The van der Waals surface area contributed by atoms with Crippen molar-refractivity contribution in [2.45, 2.75) is 38.6 Å². The second-order valence-corrected chi connectivity index (χ2v) is 4.50. The van der Waals surface area contributed by atoms with E-state index in [0.717, 1.165) is 12.3 Å². The highest BCUT2D eigenvalue weighted by atomic mass is 35.5. The normalized spacial score (nSPS) is 49.6. The van der Waals surface area contributed by atoms with E-state index in [1.165, 1.54) is 6.42 Å². The van der Waals surface area contributed by atoms with Crippen molar-refractivity contribution in [2.24, 2.45) is 11.8 Å². The second-order valence-electron chi connectivity index (χ2n) is 4.19. The van der Waals surface area contributed by atoms with E-state index >= 15 is 0 Å². The highest BCUT2D eigenvalue weighted by Gasteiger charge is 2.55. The van der Waals surface area contributed by atoms with Crippen molar-refractivity contribution in [2.75, 3.05) is 12.5 Å². The summed E-state index contributed by atoms with van der Waals surface area (Å²) in [5.74, 6) is 1.61. The second kappa shape index (κ2) is 3.41. The van der Waals surface area contributed by atoms with Crippen molar-refractivity contribution in [3.8, 4) is 0 Å². The van der Waals surface area contributed by atoms with Gasteiger partial charge in [0.15, 0.2) is 5.79 Å². The molecule has 0 aromatic rings. The van der Waals surface area contributed by atoms with Crippen LogP contribution in [0.15, 0.2) is 0 Å². The van der Waals surface area contributed by atoms with Gasteiger partial charge in [0.1, 0.15) is 0 Å². The molecule has 13 heavy (non-hydrogen) atoms. The van der Waals surface area contributed by atoms with E-state index < -0.39 is 0 Å². The van der Waals surface area contributed by atoms with Crippen molar-refractivity contribution in [1.29, 1.82) is 0 Å². The zero-order valence-corrected chi connectivity index (χ0v) is 9.01. The molecule has 1 saturated heterocycles. The average Bonchev–Trinajstić information content (AvgIpc) is 2.75. The summed E-state index contributed by atoms with van der Waals surface area (Å²) >= 11 is 5.75. The minimum atomic E-state index is -0.293. The Balaban J connectivity index is 2.01. The minimum absolute atomic E-state index is 0.106. The van der Waals surface area contributed by atoms with Crippen LogP contribution in [-0.4, -0.2) is 24.4 Å². The van der Waals surface area contributed by atoms with Gasteiger partial charge >= 0.3 is 0 Å². The molecule has 4 unspecified atom stereocenters. The van der Waals surface area contributed by atoms with Gasteiger partial charge in [-0.05, 0) is 18.8 Å². The van der Waals surface area contributed by atoms with Crippen molar-refractivity contribution < 1.29 is 9.47 Å². The molecular weight excluding hydrogens is 188 g/mol. The third-order valence-corrected chi connectivity index (χ3v) is 3.56.